The fraction of sp³-hybridized carbons (Fsp3) is 0.538. The minimum absolute atomic E-state index is 0.254. The predicted octanol–water partition coefficient (Wildman–Crippen LogP) is 7.87. The molecule has 0 heterocycles. The molecule has 3 heteroatoms. The van der Waals surface area contributed by atoms with E-state index in [1.54, 1.807) is 6.07 Å². The van der Waals surface area contributed by atoms with Gasteiger partial charge in [-0.2, -0.15) is 0 Å². The molecule has 4 rings (SSSR count). The number of hydrogen-bond acceptors (Lipinski definition) is 0. The molecule has 0 radical (unpaired) electrons. The molecule has 0 N–H and O–H groups in total. The first-order valence-corrected chi connectivity index (χ1v) is 11.3. The van der Waals surface area contributed by atoms with Crippen LogP contribution in [0.5, 0.6) is 0 Å². The van der Waals surface area contributed by atoms with Gasteiger partial charge in [-0.15, -0.1) is 0 Å². The third kappa shape index (κ3) is 4.39. The van der Waals surface area contributed by atoms with E-state index in [1.807, 2.05) is 6.07 Å². The van der Waals surface area contributed by atoms with Crippen LogP contribution in [0.15, 0.2) is 30.3 Å². The third-order valence-corrected chi connectivity index (χ3v) is 7.34. The van der Waals surface area contributed by atoms with Gasteiger partial charge in [0.05, 0.1) is 0 Å². The fourth-order valence-corrected chi connectivity index (χ4v) is 5.57. The maximum absolute atomic E-state index is 15.2. The van der Waals surface area contributed by atoms with Crippen LogP contribution in [0.4, 0.5) is 13.2 Å². The molecule has 0 saturated heterocycles. The highest BCUT2D eigenvalue weighted by atomic mass is 19.2. The quantitative estimate of drug-likeness (QED) is 0.479. The van der Waals surface area contributed by atoms with Gasteiger partial charge in [-0.1, -0.05) is 57.2 Å². The van der Waals surface area contributed by atoms with Gasteiger partial charge in [0.2, 0.25) is 0 Å². The summed E-state index contributed by atoms with van der Waals surface area (Å²) in [5.74, 6) is 0.250. The van der Waals surface area contributed by atoms with Crippen LogP contribution in [0.2, 0.25) is 0 Å². The van der Waals surface area contributed by atoms with E-state index in [-0.39, 0.29) is 5.82 Å². The van der Waals surface area contributed by atoms with Crippen molar-refractivity contribution < 1.29 is 13.2 Å². The van der Waals surface area contributed by atoms with Crippen molar-refractivity contribution in [2.75, 3.05) is 0 Å². The number of hydrogen-bond donors (Lipinski definition) is 0. The molecule has 2 aliphatic carbocycles. The van der Waals surface area contributed by atoms with Crippen molar-refractivity contribution in [1.29, 1.82) is 0 Å². The van der Waals surface area contributed by atoms with E-state index in [4.69, 9.17) is 0 Å². The highest BCUT2D eigenvalue weighted by molar-refractivity contribution is 5.66. The summed E-state index contributed by atoms with van der Waals surface area (Å²) in [6, 6.07) is 7.35. The molecule has 1 unspecified atom stereocenters. The first-order chi connectivity index (χ1) is 14.1. The molecule has 0 aromatic heterocycles. The molecule has 0 aliphatic heterocycles. The SMILES string of the molecule is CCCCC1CCC(C2CCc3c(ccc(-c4ccc(F)c(F)c4)c3F)C2)CC1. The van der Waals surface area contributed by atoms with Crippen molar-refractivity contribution in [2.24, 2.45) is 17.8 Å². The molecular weight excluding hydrogens is 369 g/mol. The topological polar surface area (TPSA) is 0 Å². The lowest BCUT2D eigenvalue weighted by molar-refractivity contribution is 0.182. The van der Waals surface area contributed by atoms with Gasteiger partial charge >= 0.3 is 0 Å². The lowest BCUT2D eigenvalue weighted by atomic mass is 9.69. The Hall–Kier alpha value is -1.77. The van der Waals surface area contributed by atoms with E-state index < -0.39 is 11.6 Å². The Morgan fingerprint density at radius 3 is 2.38 bits per heavy atom. The van der Waals surface area contributed by atoms with Gasteiger partial charge < -0.3 is 0 Å². The van der Waals surface area contributed by atoms with E-state index in [1.165, 1.54) is 51.0 Å². The lowest BCUT2D eigenvalue weighted by Crippen LogP contribution is -2.27. The molecule has 2 aromatic carbocycles. The van der Waals surface area contributed by atoms with Crippen molar-refractivity contribution in [1.82, 2.24) is 0 Å². The van der Waals surface area contributed by atoms with Gasteiger partial charge in [0.25, 0.3) is 0 Å². The van der Waals surface area contributed by atoms with Crippen LogP contribution in [0.1, 0.15) is 69.4 Å². The van der Waals surface area contributed by atoms with Gasteiger partial charge in [0, 0.05) is 5.56 Å². The smallest absolute Gasteiger partial charge is 0.159 e. The summed E-state index contributed by atoms with van der Waals surface area (Å²) in [6.45, 7) is 2.27. The summed E-state index contributed by atoms with van der Waals surface area (Å²) >= 11 is 0. The van der Waals surface area contributed by atoms with E-state index >= 15 is 4.39 Å². The second-order valence-electron chi connectivity index (χ2n) is 9.12. The normalized spacial score (nSPS) is 24.3. The standard InChI is InChI=1S/C26H31F3/c1-2-3-4-17-5-7-18(8-6-17)19-9-12-22-20(15-19)10-13-23(26(22)29)21-11-14-24(27)25(28)16-21/h10-11,13-14,16-19H,2-9,12,15H2,1H3. The zero-order valence-corrected chi connectivity index (χ0v) is 17.3. The summed E-state index contributed by atoms with van der Waals surface area (Å²) in [5, 5.41) is 0. The first kappa shape index (κ1) is 20.5. The maximum atomic E-state index is 15.2. The predicted molar refractivity (Wildman–Crippen MR) is 112 cm³/mol. The molecule has 1 atom stereocenters. The van der Waals surface area contributed by atoms with Crippen molar-refractivity contribution in [3.8, 4) is 11.1 Å². The molecule has 0 nitrogen and oxygen atoms in total. The highest BCUT2D eigenvalue weighted by Gasteiger charge is 2.31. The highest BCUT2D eigenvalue weighted by Crippen LogP contribution is 2.42. The second kappa shape index (κ2) is 8.93. The summed E-state index contributed by atoms with van der Waals surface area (Å²) < 4.78 is 42.0. The second-order valence-corrected chi connectivity index (χ2v) is 9.12. The van der Waals surface area contributed by atoms with Crippen LogP contribution in [-0.2, 0) is 12.8 Å². The van der Waals surface area contributed by atoms with E-state index in [2.05, 4.69) is 6.92 Å². The Kier molecular flexibility index (Phi) is 6.32. The maximum Gasteiger partial charge on any atom is 0.159 e. The van der Waals surface area contributed by atoms with E-state index in [0.29, 0.717) is 17.0 Å². The number of benzene rings is 2. The zero-order valence-electron chi connectivity index (χ0n) is 17.3. The lowest BCUT2D eigenvalue weighted by Gasteiger charge is -2.36. The van der Waals surface area contributed by atoms with E-state index in [0.717, 1.165) is 54.4 Å². The van der Waals surface area contributed by atoms with Gasteiger partial charge in [-0.05, 0) is 78.7 Å². The Morgan fingerprint density at radius 2 is 1.66 bits per heavy atom. The van der Waals surface area contributed by atoms with Gasteiger partial charge in [0.1, 0.15) is 5.82 Å². The van der Waals surface area contributed by atoms with Crippen LogP contribution in [0.25, 0.3) is 11.1 Å². The largest absolute Gasteiger partial charge is 0.206 e. The number of fused-ring (bicyclic) bond motifs is 1. The van der Waals surface area contributed by atoms with Crippen LogP contribution in [0, 0.1) is 35.2 Å². The van der Waals surface area contributed by atoms with Gasteiger partial charge in [-0.25, -0.2) is 13.2 Å². The molecule has 156 valence electrons. The first-order valence-electron chi connectivity index (χ1n) is 11.3. The Bertz CT molecular complexity index is 849. The third-order valence-electron chi connectivity index (χ3n) is 7.34. The van der Waals surface area contributed by atoms with Crippen molar-refractivity contribution in [3.05, 3.63) is 58.9 Å². The van der Waals surface area contributed by atoms with Gasteiger partial charge in [-0.3, -0.25) is 0 Å². The molecule has 29 heavy (non-hydrogen) atoms. The van der Waals surface area contributed by atoms with Crippen LogP contribution in [0.3, 0.4) is 0 Å². The molecule has 0 spiro atoms. The average molecular weight is 401 g/mol. The molecule has 0 amide bonds. The Morgan fingerprint density at radius 1 is 0.862 bits per heavy atom. The number of halogens is 3. The van der Waals surface area contributed by atoms with Crippen LogP contribution < -0.4 is 0 Å². The summed E-state index contributed by atoms with van der Waals surface area (Å²) in [7, 11) is 0. The van der Waals surface area contributed by atoms with Crippen molar-refractivity contribution in [2.45, 2.75) is 71.1 Å². The molecule has 0 bridgehead atoms. The molecular formula is C26H31F3. The van der Waals surface area contributed by atoms with E-state index in [9.17, 15) is 8.78 Å². The minimum Gasteiger partial charge on any atom is -0.206 e. The molecule has 1 fully saturated rings. The van der Waals surface area contributed by atoms with Crippen molar-refractivity contribution >= 4 is 0 Å². The Balaban J connectivity index is 1.46. The number of rotatable bonds is 5. The van der Waals surface area contributed by atoms with Gasteiger partial charge in [0.15, 0.2) is 11.6 Å². The minimum atomic E-state index is -0.936. The zero-order chi connectivity index (χ0) is 20.4. The van der Waals surface area contributed by atoms with Crippen LogP contribution >= 0.6 is 0 Å². The average Bonchev–Trinajstić information content (AvgIpc) is 2.75. The molecule has 2 aliphatic rings. The summed E-state index contributed by atoms with van der Waals surface area (Å²) in [6.07, 6.45) is 12.1. The number of unbranched alkanes of at least 4 members (excludes halogenated alkanes) is 1. The molecule has 2 aromatic rings. The fourth-order valence-electron chi connectivity index (χ4n) is 5.57. The van der Waals surface area contributed by atoms with Crippen molar-refractivity contribution in [3.63, 3.8) is 0 Å². The molecule has 1 saturated carbocycles. The van der Waals surface area contributed by atoms with Crippen LogP contribution in [-0.4, -0.2) is 0 Å². The Labute approximate surface area is 172 Å². The monoisotopic (exact) mass is 400 g/mol. The summed E-state index contributed by atoms with van der Waals surface area (Å²) in [4.78, 5) is 0. The summed E-state index contributed by atoms with van der Waals surface area (Å²) in [5.41, 5.74) is 2.66.